The summed E-state index contributed by atoms with van der Waals surface area (Å²) in [5.41, 5.74) is 0.638. The lowest BCUT2D eigenvalue weighted by Crippen LogP contribution is -2.43. The van der Waals surface area contributed by atoms with Crippen molar-refractivity contribution in [2.45, 2.75) is 17.1 Å². The van der Waals surface area contributed by atoms with Gasteiger partial charge in [-0.25, -0.2) is 8.42 Å². The summed E-state index contributed by atoms with van der Waals surface area (Å²) in [6.45, 7) is 0.569. The van der Waals surface area contributed by atoms with Gasteiger partial charge < -0.3 is 5.32 Å². The standard InChI is InChI=1S/C16H16Cl2N2O3S2/c17-12-3-5-13(6-4-12)19-16(21)11-2-1-9-20(10-11)25(22,23)15-8-7-14(18)24-15/h3-8,11H,1-2,9-10H2,(H,19,21). The third kappa shape index (κ3) is 4.35. The maximum absolute atomic E-state index is 12.7. The number of anilines is 1. The highest BCUT2D eigenvalue weighted by molar-refractivity contribution is 7.91. The highest BCUT2D eigenvalue weighted by Crippen LogP contribution is 2.31. The van der Waals surface area contributed by atoms with Crippen molar-refractivity contribution < 1.29 is 13.2 Å². The molecule has 5 nitrogen and oxygen atoms in total. The Balaban J connectivity index is 1.70. The second kappa shape index (κ2) is 7.63. The molecular formula is C16H16Cl2N2O3S2. The van der Waals surface area contributed by atoms with E-state index < -0.39 is 15.9 Å². The van der Waals surface area contributed by atoms with Crippen LogP contribution in [0.5, 0.6) is 0 Å². The van der Waals surface area contributed by atoms with Crippen molar-refractivity contribution in [2.24, 2.45) is 5.92 Å². The van der Waals surface area contributed by atoms with Crippen molar-refractivity contribution in [1.82, 2.24) is 4.31 Å². The van der Waals surface area contributed by atoms with Gasteiger partial charge in [-0.15, -0.1) is 11.3 Å². The van der Waals surface area contributed by atoms with E-state index in [-0.39, 0.29) is 16.7 Å². The Morgan fingerprint density at radius 1 is 1.16 bits per heavy atom. The lowest BCUT2D eigenvalue weighted by molar-refractivity contribution is -0.120. The maximum Gasteiger partial charge on any atom is 0.252 e. The van der Waals surface area contributed by atoms with Crippen LogP contribution >= 0.6 is 34.5 Å². The zero-order valence-corrected chi connectivity index (χ0v) is 16.3. The van der Waals surface area contributed by atoms with Gasteiger partial charge in [0.15, 0.2) is 0 Å². The molecule has 0 spiro atoms. The number of sulfonamides is 1. The van der Waals surface area contributed by atoms with Crippen LogP contribution in [0.15, 0.2) is 40.6 Å². The Labute approximate surface area is 160 Å². The fourth-order valence-corrected chi connectivity index (χ4v) is 6.00. The van der Waals surface area contributed by atoms with E-state index in [1.165, 1.54) is 10.4 Å². The average Bonchev–Trinajstić information content (AvgIpc) is 3.04. The predicted molar refractivity (Wildman–Crippen MR) is 101 cm³/mol. The zero-order valence-electron chi connectivity index (χ0n) is 13.1. The van der Waals surface area contributed by atoms with Crippen LogP contribution in [0, 0.1) is 5.92 Å². The number of thiophene rings is 1. The third-order valence-corrected chi connectivity index (χ3v) is 7.83. The van der Waals surface area contributed by atoms with Crippen LogP contribution in [-0.4, -0.2) is 31.7 Å². The summed E-state index contributed by atoms with van der Waals surface area (Å²) in [5, 5.41) is 3.40. The first-order valence-electron chi connectivity index (χ1n) is 7.68. The van der Waals surface area contributed by atoms with Crippen molar-refractivity contribution in [2.75, 3.05) is 18.4 Å². The Kier molecular flexibility index (Phi) is 5.70. The summed E-state index contributed by atoms with van der Waals surface area (Å²) in [7, 11) is -3.62. The largest absolute Gasteiger partial charge is 0.326 e. The number of piperidine rings is 1. The number of amides is 1. The number of benzene rings is 1. The number of halogens is 2. The minimum Gasteiger partial charge on any atom is -0.326 e. The van der Waals surface area contributed by atoms with Crippen LogP contribution in [0.25, 0.3) is 0 Å². The van der Waals surface area contributed by atoms with Crippen LogP contribution in [0.4, 0.5) is 5.69 Å². The Bertz CT molecular complexity index is 866. The number of rotatable bonds is 4. The average molecular weight is 419 g/mol. The molecule has 1 saturated heterocycles. The number of carbonyl (C=O) groups excluding carboxylic acids is 1. The zero-order chi connectivity index (χ0) is 18.0. The number of nitrogens with zero attached hydrogens (tertiary/aromatic N) is 1. The molecule has 2 heterocycles. The fourth-order valence-electron chi connectivity index (χ4n) is 2.72. The molecule has 25 heavy (non-hydrogen) atoms. The van der Waals surface area contributed by atoms with Gasteiger partial charge in [-0.2, -0.15) is 4.31 Å². The molecule has 134 valence electrons. The van der Waals surface area contributed by atoms with Gasteiger partial charge in [-0.1, -0.05) is 23.2 Å². The van der Waals surface area contributed by atoms with E-state index in [1.807, 2.05) is 0 Å². The van der Waals surface area contributed by atoms with E-state index in [9.17, 15) is 13.2 Å². The molecule has 1 aliphatic rings. The highest BCUT2D eigenvalue weighted by atomic mass is 35.5. The smallest absolute Gasteiger partial charge is 0.252 e. The van der Waals surface area contributed by atoms with Crippen molar-refractivity contribution in [3.05, 3.63) is 45.8 Å². The highest BCUT2D eigenvalue weighted by Gasteiger charge is 2.34. The molecule has 0 saturated carbocycles. The molecule has 1 unspecified atom stereocenters. The molecule has 0 bridgehead atoms. The van der Waals surface area contributed by atoms with E-state index in [1.54, 1.807) is 30.3 Å². The van der Waals surface area contributed by atoms with Gasteiger partial charge in [0, 0.05) is 23.8 Å². The molecule has 1 aromatic carbocycles. The Morgan fingerprint density at radius 2 is 1.88 bits per heavy atom. The number of carbonyl (C=O) groups is 1. The van der Waals surface area contributed by atoms with E-state index in [0.717, 1.165) is 11.3 Å². The molecule has 1 aliphatic heterocycles. The molecular weight excluding hydrogens is 403 g/mol. The normalized spacial score (nSPS) is 18.9. The molecule has 1 amide bonds. The van der Waals surface area contributed by atoms with Crippen LogP contribution in [0.3, 0.4) is 0 Å². The molecule has 2 aromatic rings. The molecule has 1 aromatic heterocycles. The van der Waals surface area contributed by atoms with Crippen LogP contribution in [0.1, 0.15) is 12.8 Å². The van der Waals surface area contributed by atoms with E-state index in [0.29, 0.717) is 34.4 Å². The minimum absolute atomic E-state index is 0.164. The molecule has 9 heteroatoms. The Morgan fingerprint density at radius 3 is 2.52 bits per heavy atom. The molecule has 0 aliphatic carbocycles. The third-order valence-electron chi connectivity index (χ3n) is 4.01. The predicted octanol–water partition coefficient (Wildman–Crippen LogP) is 4.09. The number of hydrogen-bond acceptors (Lipinski definition) is 4. The van der Waals surface area contributed by atoms with Gasteiger partial charge in [0.1, 0.15) is 4.21 Å². The van der Waals surface area contributed by atoms with E-state index >= 15 is 0 Å². The topological polar surface area (TPSA) is 66.5 Å². The second-order valence-corrected chi connectivity index (χ2v) is 10.1. The maximum atomic E-state index is 12.7. The van der Waals surface area contributed by atoms with Crippen LogP contribution in [-0.2, 0) is 14.8 Å². The lowest BCUT2D eigenvalue weighted by Gasteiger charge is -2.30. The summed E-state index contributed by atoms with van der Waals surface area (Å²) < 4.78 is 27.4. The number of nitrogens with one attached hydrogen (secondary N) is 1. The van der Waals surface area contributed by atoms with Gasteiger partial charge in [-0.05, 0) is 49.2 Å². The monoisotopic (exact) mass is 418 g/mol. The second-order valence-electron chi connectivity index (χ2n) is 5.76. The van der Waals surface area contributed by atoms with E-state index in [4.69, 9.17) is 23.2 Å². The van der Waals surface area contributed by atoms with Crippen molar-refractivity contribution in [1.29, 1.82) is 0 Å². The lowest BCUT2D eigenvalue weighted by atomic mass is 9.99. The molecule has 0 radical (unpaired) electrons. The van der Waals surface area contributed by atoms with Crippen LogP contribution in [0.2, 0.25) is 9.36 Å². The van der Waals surface area contributed by atoms with Crippen molar-refractivity contribution in [3.8, 4) is 0 Å². The van der Waals surface area contributed by atoms with Gasteiger partial charge >= 0.3 is 0 Å². The van der Waals surface area contributed by atoms with Gasteiger partial charge in [0.25, 0.3) is 10.0 Å². The molecule has 1 fully saturated rings. The summed E-state index contributed by atoms with van der Waals surface area (Å²) in [4.78, 5) is 12.5. The quantitative estimate of drug-likeness (QED) is 0.812. The summed E-state index contributed by atoms with van der Waals surface area (Å²) in [5.74, 6) is -0.582. The number of hydrogen-bond donors (Lipinski definition) is 1. The first-order valence-corrected chi connectivity index (χ1v) is 10.7. The van der Waals surface area contributed by atoms with Gasteiger partial charge in [0.2, 0.25) is 5.91 Å². The summed E-state index contributed by atoms with van der Waals surface area (Å²) >= 11 is 12.7. The van der Waals surface area contributed by atoms with Gasteiger partial charge in [-0.3, -0.25) is 4.79 Å². The fraction of sp³-hybridized carbons (Fsp3) is 0.312. The minimum atomic E-state index is -3.62. The van der Waals surface area contributed by atoms with Crippen molar-refractivity contribution >= 4 is 56.2 Å². The van der Waals surface area contributed by atoms with E-state index in [2.05, 4.69) is 5.32 Å². The first kappa shape index (κ1) is 18.7. The van der Waals surface area contributed by atoms with Crippen LogP contribution < -0.4 is 5.32 Å². The Hall–Kier alpha value is -1.12. The summed E-state index contributed by atoms with van der Waals surface area (Å²) in [6, 6.07) is 9.87. The SMILES string of the molecule is O=C(Nc1ccc(Cl)cc1)C1CCCN(S(=O)(=O)c2ccc(Cl)s2)C1. The molecule has 1 atom stereocenters. The van der Waals surface area contributed by atoms with Gasteiger partial charge in [0.05, 0.1) is 10.3 Å². The molecule has 1 N–H and O–H groups in total. The first-order chi connectivity index (χ1) is 11.9. The van der Waals surface area contributed by atoms with Crippen molar-refractivity contribution in [3.63, 3.8) is 0 Å². The summed E-state index contributed by atoms with van der Waals surface area (Å²) in [6.07, 6.45) is 1.29. The molecule has 3 rings (SSSR count).